The fourth-order valence-electron chi connectivity index (χ4n) is 1.33. The number of ether oxygens (including phenoxy) is 1. The van der Waals surface area contributed by atoms with Crippen molar-refractivity contribution in [2.24, 2.45) is 0 Å². The Morgan fingerprint density at radius 1 is 1.37 bits per heavy atom. The smallest absolute Gasteiger partial charge is 0.261 e. The van der Waals surface area contributed by atoms with Gasteiger partial charge in [0.05, 0.1) is 15.3 Å². The molecule has 0 aliphatic heterocycles. The SMILES string of the molecule is COCCNC(=O)CCNC(=O)c1cc(C)c(Br)s1. The number of methoxy groups -OCH3 is 1. The summed E-state index contributed by atoms with van der Waals surface area (Å²) in [6.45, 7) is 3.23. The van der Waals surface area contributed by atoms with Crippen molar-refractivity contribution in [3.63, 3.8) is 0 Å². The molecule has 5 nitrogen and oxygen atoms in total. The van der Waals surface area contributed by atoms with Crippen LogP contribution in [0.3, 0.4) is 0 Å². The normalized spacial score (nSPS) is 10.3. The van der Waals surface area contributed by atoms with Gasteiger partial charge in [0.2, 0.25) is 5.91 Å². The molecule has 0 saturated heterocycles. The number of hydrogen-bond acceptors (Lipinski definition) is 4. The topological polar surface area (TPSA) is 67.4 Å². The standard InChI is InChI=1S/C12H17BrN2O3S/c1-8-7-9(19-11(8)13)12(17)15-4-3-10(16)14-5-6-18-2/h7H,3-6H2,1-2H3,(H,14,16)(H,15,17). The Hall–Kier alpha value is -0.920. The number of nitrogens with one attached hydrogen (secondary N) is 2. The van der Waals surface area contributed by atoms with Crippen molar-refractivity contribution < 1.29 is 14.3 Å². The molecule has 0 aliphatic carbocycles. The van der Waals surface area contributed by atoms with Gasteiger partial charge in [-0.15, -0.1) is 11.3 Å². The lowest BCUT2D eigenvalue weighted by Crippen LogP contribution is -2.31. The molecule has 19 heavy (non-hydrogen) atoms. The maximum absolute atomic E-state index is 11.8. The van der Waals surface area contributed by atoms with E-state index in [4.69, 9.17) is 4.74 Å². The fourth-order valence-corrected chi connectivity index (χ4v) is 2.78. The third kappa shape index (κ3) is 5.71. The Morgan fingerprint density at radius 3 is 2.68 bits per heavy atom. The van der Waals surface area contributed by atoms with Crippen LogP contribution >= 0.6 is 27.3 Å². The molecule has 0 saturated carbocycles. The predicted molar refractivity (Wildman–Crippen MR) is 78.6 cm³/mol. The van der Waals surface area contributed by atoms with Crippen molar-refractivity contribution in [2.75, 3.05) is 26.8 Å². The molecule has 0 radical (unpaired) electrons. The zero-order valence-electron chi connectivity index (χ0n) is 10.9. The van der Waals surface area contributed by atoms with E-state index >= 15 is 0 Å². The van der Waals surface area contributed by atoms with E-state index in [2.05, 4.69) is 26.6 Å². The Morgan fingerprint density at radius 2 is 2.11 bits per heavy atom. The highest BCUT2D eigenvalue weighted by Crippen LogP contribution is 2.27. The van der Waals surface area contributed by atoms with Gasteiger partial charge in [-0.1, -0.05) is 0 Å². The Balaban J connectivity index is 2.25. The summed E-state index contributed by atoms with van der Waals surface area (Å²) >= 11 is 4.76. The lowest BCUT2D eigenvalue weighted by molar-refractivity contribution is -0.121. The number of carbonyl (C=O) groups is 2. The summed E-state index contributed by atoms with van der Waals surface area (Å²) in [5.41, 5.74) is 1.03. The first-order chi connectivity index (χ1) is 9.04. The van der Waals surface area contributed by atoms with Gasteiger partial charge in [-0.05, 0) is 34.5 Å². The van der Waals surface area contributed by atoms with Crippen LogP contribution < -0.4 is 10.6 Å². The third-order valence-corrected chi connectivity index (χ3v) is 4.48. The van der Waals surface area contributed by atoms with Crippen LogP contribution in [-0.4, -0.2) is 38.6 Å². The lowest BCUT2D eigenvalue weighted by atomic mass is 10.3. The van der Waals surface area contributed by atoms with Crippen LogP contribution in [0.15, 0.2) is 9.85 Å². The van der Waals surface area contributed by atoms with Gasteiger partial charge in [0.15, 0.2) is 0 Å². The molecule has 0 bridgehead atoms. The van der Waals surface area contributed by atoms with E-state index in [1.807, 2.05) is 13.0 Å². The number of rotatable bonds is 7. The molecular weight excluding hydrogens is 332 g/mol. The van der Waals surface area contributed by atoms with E-state index in [1.165, 1.54) is 11.3 Å². The number of aryl methyl sites for hydroxylation is 1. The zero-order chi connectivity index (χ0) is 14.3. The molecule has 0 fully saturated rings. The minimum atomic E-state index is -0.150. The van der Waals surface area contributed by atoms with E-state index in [0.29, 0.717) is 24.6 Å². The van der Waals surface area contributed by atoms with Gasteiger partial charge in [-0.2, -0.15) is 0 Å². The highest BCUT2D eigenvalue weighted by molar-refractivity contribution is 9.11. The Labute approximate surface area is 124 Å². The zero-order valence-corrected chi connectivity index (χ0v) is 13.3. The minimum Gasteiger partial charge on any atom is -0.383 e. The summed E-state index contributed by atoms with van der Waals surface area (Å²) in [4.78, 5) is 23.8. The van der Waals surface area contributed by atoms with Crippen LogP contribution in [0.1, 0.15) is 21.7 Å². The number of thiophene rings is 1. The average Bonchev–Trinajstić information content (AvgIpc) is 2.70. The molecule has 2 N–H and O–H groups in total. The molecule has 2 amide bonds. The minimum absolute atomic E-state index is 0.0964. The lowest BCUT2D eigenvalue weighted by Gasteiger charge is -2.05. The molecule has 1 rings (SSSR count). The first kappa shape index (κ1) is 16.1. The van der Waals surface area contributed by atoms with Crippen molar-refractivity contribution in [3.8, 4) is 0 Å². The summed E-state index contributed by atoms with van der Waals surface area (Å²) < 4.78 is 5.77. The van der Waals surface area contributed by atoms with Gasteiger partial charge >= 0.3 is 0 Å². The maximum Gasteiger partial charge on any atom is 0.261 e. The average molecular weight is 349 g/mol. The summed E-state index contributed by atoms with van der Waals surface area (Å²) in [6, 6.07) is 1.82. The molecule has 0 spiro atoms. The van der Waals surface area contributed by atoms with Gasteiger partial charge in [-0.25, -0.2) is 0 Å². The quantitative estimate of drug-likeness (QED) is 0.737. The highest BCUT2D eigenvalue weighted by Gasteiger charge is 2.11. The second kappa shape index (κ2) is 8.29. The van der Waals surface area contributed by atoms with Crippen LogP contribution in [0.2, 0.25) is 0 Å². The highest BCUT2D eigenvalue weighted by atomic mass is 79.9. The first-order valence-electron chi connectivity index (χ1n) is 5.84. The van der Waals surface area contributed by atoms with Gasteiger partial charge in [-0.3, -0.25) is 9.59 Å². The van der Waals surface area contributed by atoms with Crippen molar-refractivity contribution in [1.82, 2.24) is 10.6 Å². The Kier molecular flexibility index (Phi) is 7.04. The largest absolute Gasteiger partial charge is 0.383 e. The van der Waals surface area contributed by atoms with Crippen molar-refractivity contribution in [2.45, 2.75) is 13.3 Å². The molecule has 0 aromatic carbocycles. The second-order valence-corrected chi connectivity index (χ2v) is 6.29. The summed E-state index contributed by atoms with van der Waals surface area (Å²) in [7, 11) is 1.58. The summed E-state index contributed by atoms with van der Waals surface area (Å²) in [5.74, 6) is -0.246. The van der Waals surface area contributed by atoms with Crippen LogP contribution in [0.25, 0.3) is 0 Å². The molecule has 1 heterocycles. The van der Waals surface area contributed by atoms with Crippen LogP contribution in [0.4, 0.5) is 0 Å². The van der Waals surface area contributed by atoms with E-state index in [9.17, 15) is 9.59 Å². The molecule has 0 atom stereocenters. The third-order valence-electron chi connectivity index (χ3n) is 2.35. The summed E-state index contributed by atoms with van der Waals surface area (Å²) in [5, 5.41) is 5.41. The number of halogens is 1. The van der Waals surface area contributed by atoms with Crippen LogP contribution in [-0.2, 0) is 9.53 Å². The van der Waals surface area contributed by atoms with E-state index in [-0.39, 0.29) is 18.2 Å². The van der Waals surface area contributed by atoms with Crippen molar-refractivity contribution in [3.05, 3.63) is 20.3 Å². The van der Waals surface area contributed by atoms with Gasteiger partial charge in [0.25, 0.3) is 5.91 Å². The van der Waals surface area contributed by atoms with Crippen molar-refractivity contribution in [1.29, 1.82) is 0 Å². The van der Waals surface area contributed by atoms with Gasteiger partial charge in [0.1, 0.15) is 0 Å². The first-order valence-corrected chi connectivity index (χ1v) is 7.45. The Bertz CT molecular complexity index is 429. The molecule has 106 valence electrons. The van der Waals surface area contributed by atoms with E-state index in [0.717, 1.165) is 9.35 Å². The number of amides is 2. The summed E-state index contributed by atoms with van der Waals surface area (Å²) in [6.07, 6.45) is 0.265. The number of hydrogen-bond donors (Lipinski definition) is 2. The van der Waals surface area contributed by atoms with Crippen LogP contribution in [0.5, 0.6) is 0 Å². The van der Waals surface area contributed by atoms with Crippen molar-refractivity contribution >= 4 is 39.1 Å². The molecule has 0 unspecified atom stereocenters. The molecular formula is C12H17BrN2O3S. The molecule has 7 heteroatoms. The fraction of sp³-hybridized carbons (Fsp3) is 0.500. The second-order valence-electron chi connectivity index (χ2n) is 3.92. The van der Waals surface area contributed by atoms with E-state index < -0.39 is 0 Å². The molecule has 0 aliphatic rings. The molecule has 1 aromatic rings. The molecule has 1 aromatic heterocycles. The number of carbonyl (C=O) groups excluding carboxylic acids is 2. The predicted octanol–water partition coefficient (Wildman–Crippen LogP) is 1.70. The van der Waals surface area contributed by atoms with E-state index in [1.54, 1.807) is 7.11 Å². The maximum atomic E-state index is 11.8. The van der Waals surface area contributed by atoms with Gasteiger partial charge < -0.3 is 15.4 Å². The monoisotopic (exact) mass is 348 g/mol. The van der Waals surface area contributed by atoms with Crippen LogP contribution in [0, 0.1) is 6.92 Å². The van der Waals surface area contributed by atoms with Gasteiger partial charge in [0, 0.05) is 26.6 Å².